The maximum absolute atomic E-state index is 5.77. The Labute approximate surface area is 81.1 Å². The summed E-state index contributed by atoms with van der Waals surface area (Å²) in [6.07, 6.45) is 1.34. The summed E-state index contributed by atoms with van der Waals surface area (Å²) in [5, 5.41) is 0. The van der Waals surface area contributed by atoms with Gasteiger partial charge in [-0.05, 0) is 24.3 Å². The van der Waals surface area contributed by atoms with Gasteiger partial charge in [0.1, 0.15) is 0 Å². The monoisotopic (exact) mass is 189 g/mol. The molecule has 1 saturated heterocycles. The van der Waals surface area contributed by atoms with Gasteiger partial charge in [0.15, 0.2) is 0 Å². The van der Waals surface area contributed by atoms with E-state index in [1.54, 1.807) is 0 Å². The van der Waals surface area contributed by atoms with Gasteiger partial charge < -0.3 is 4.90 Å². The van der Waals surface area contributed by atoms with E-state index in [1.807, 2.05) is 0 Å². The Morgan fingerprint density at radius 2 is 2.17 bits per heavy atom. The molecule has 12 heavy (non-hydrogen) atoms. The number of halogens is 1. The molecular formula is C10H20ClN. The number of rotatable bonds is 3. The van der Waals surface area contributed by atoms with Gasteiger partial charge in [0.2, 0.25) is 0 Å². The van der Waals surface area contributed by atoms with Crippen LogP contribution in [-0.2, 0) is 0 Å². The van der Waals surface area contributed by atoms with Crippen LogP contribution in [0.25, 0.3) is 0 Å². The molecule has 1 heterocycles. The molecule has 1 nitrogen and oxygen atoms in total. The van der Waals surface area contributed by atoms with Crippen molar-refractivity contribution in [1.29, 1.82) is 0 Å². The lowest BCUT2D eigenvalue weighted by Crippen LogP contribution is -2.28. The van der Waals surface area contributed by atoms with E-state index in [4.69, 9.17) is 11.6 Å². The highest BCUT2D eigenvalue weighted by molar-refractivity contribution is 6.18. The molecule has 1 aliphatic rings. The largest absolute Gasteiger partial charge is 0.302 e. The number of alkyl halides is 1. The van der Waals surface area contributed by atoms with Crippen molar-refractivity contribution in [2.45, 2.75) is 27.2 Å². The van der Waals surface area contributed by atoms with Crippen molar-refractivity contribution in [3.63, 3.8) is 0 Å². The number of hydrogen-bond donors (Lipinski definition) is 0. The molecule has 72 valence electrons. The Kier molecular flexibility index (Phi) is 3.42. The van der Waals surface area contributed by atoms with Gasteiger partial charge in [-0.2, -0.15) is 0 Å². The average molecular weight is 190 g/mol. The normalized spacial score (nSPS) is 26.0. The van der Waals surface area contributed by atoms with Crippen LogP contribution in [0, 0.1) is 11.3 Å². The van der Waals surface area contributed by atoms with Crippen LogP contribution in [0.5, 0.6) is 0 Å². The predicted molar refractivity (Wildman–Crippen MR) is 54.7 cm³/mol. The van der Waals surface area contributed by atoms with Gasteiger partial charge >= 0.3 is 0 Å². The fourth-order valence-corrected chi connectivity index (χ4v) is 1.97. The summed E-state index contributed by atoms with van der Waals surface area (Å²) in [5.41, 5.74) is 0.534. The second kappa shape index (κ2) is 3.97. The van der Waals surface area contributed by atoms with Crippen molar-refractivity contribution in [3.8, 4) is 0 Å². The van der Waals surface area contributed by atoms with Crippen LogP contribution < -0.4 is 0 Å². The van der Waals surface area contributed by atoms with Gasteiger partial charge in [-0.1, -0.05) is 20.8 Å². The molecule has 1 aliphatic heterocycles. The lowest BCUT2D eigenvalue weighted by molar-refractivity contribution is 0.265. The Morgan fingerprint density at radius 3 is 2.58 bits per heavy atom. The molecule has 0 aromatic carbocycles. The summed E-state index contributed by atoms with van der Waals surface area (Å²) in [6.45, 7) is 10.6. The fraction of sp³-hybridized carbons (Fsp3) is 1.00. The number of likely N-dealkylation sites (tertiary alicyclic amines) is 1. The molecule has 0 aromatic rings. The molecule has 0 aromatic heterocycles. The van der Waals surface area contributed by atoms with Crippen LogP contribution in [0.15, 0.2) is 0 Å². The maximum Gasteiger partial charge on any atom is 0.0261 e. The van der Waals surface area contributed by atoms with Crippen molar-refractivity contribution in [1.82, 2.24) is 4.90 Å². The van der Waals surface area contributed by atoms with Crippen molar-refractivity contribution >= 4 is 11.6 Å². The van der Waals surface area contributed by atoms with E-state index in [1.165, 1.54) is 26.1 Å². The first-order valence-corrected chi connectivity index (χ1v) is 5.35. The lowest BCUT2D eigenvalue weighted by Gasteiger charge is -2.21. The first kappa shape index (κ1) is 10.3. The van der Waals surface area contributed by atoms with E-state index in [-0.39, 0.29) is 0 Å². The summed E-state index contributed by atoms with van der Waals surface area (Å²) in [6, 6.07) is 0. The summed E-state index contributed by atoms with van der Waals surface area (Å²) >= 11 is 5.77. The van der Waals surface area contributed by atoms with E-state index in [0.29, 0.717) is 11.3 Å². The van der Waals surface area contributed by atoms with Crippen LogP contribution >= 0.6 is 11.6 Å². The minimum absolute atomic E-state index is 0.534. The summed E-state index contributed by atoms with van der Waals surface area (Å²) in [5.74, 6) is 1.43. The Morgan fingerprint density at radius 1 is 1.50 bits per heavy atom. The molecule has 0 radical (unpaired) electrons. The smallest absolute Gasteiger partial charge is 0.0261 e. The molecule has 0 bridgehead atoms. The second-order valence-electron chi connectivity index (χ2n) is 4.91. The van der Waals surface area contributed by atoms with E-state index in [2.05, 4.69) is 25.7 Å². The maximum atomic E-state index is 5.77. The van der Waals surface area contributed by atoms with Crippen LogP contribution in [0.4, 0.5) is 0 Å². The van der Waals surface area contributed by atoms with Crippen LogP contribution in [-0.4, -0.2) is 30.4 Å². The second-order valence-corrected chi connectivity index (χ2v) is 5.22. The van der Waals surface area contributed by atoms with Gasteiger partial charge in [-0.25, -0.2) is 0 Å². The SMILES string of the molecule is CC(CCl)CN1CCC(C)(C)C1. The lowest BCUT2D eigenvalue weighted by atomic mass is 9.93. The minimum Gasteiger partial charge on any atom is -0.302 e. The molecule has 1 fully saturated rings. The Balaban J connectivity index is 2.28. The summed E-state index contributed by atoms with van der Waals surface area (Å²) < 4.78 is 0. The van der Waals surface area contributed by atoms with E-state index < -0.39 is 0 Å². The van der Waals surface area contributed by atoms with E-state index in [0.717, 1.165) is 5.88 Å². The highest BCUT2D eigenvalue weighted by Crippen LogP contribution is 2.29. The quantitative estimate of drug-likeness (QED) is 0.617. The molecule has 1 atom stereocenters. The third kappa shape index (κ3) is 2.95. The highest BCUT2D eigenvalue weighted by atomic mass is 35.5. The van der Waals surface area contributed by atoms with Crippen molar-refractivity contribution in [2.24, 2.45) is 11.3 Å². The van der Waals surface area contributed by atoms with Crippen molar-refractivity contribution in [3.05, 3.63) is 0 Å². The number of nitrogens with zero attached hydrogens (tertiary/aromatic N) is 1. The van der Waals surface area contributed by atoms with Crippen molar-refractivity contribution < 1.29 is 0 Å². The van der Waals surface area contributed by atoms with Gasteiger partial charge in [0.25, 0.3) is 0 Å². The molecule has 2 heteroatoms. The molecule has 0 spiro atoms. The zero-order valence-electron chi connectivity index (χ0n) is 8.44. The zero-order chi connectivity index (χ0) is 9.19. The summed E-state index contributed by atoms with van der Waals surface area (Å²) in [4.78, 5) is 2.53. The molecule has 0 amide bonds. The summed E-state index contributed by atoms with van der Waals surface area (Å²) in [7, 11) is 0. The van der Waals surface area contributed by atoms with Crippen LogP contribution in [0.3, 0.4) is 0 Å². The first-order valence-electron chi connectivity index (χ1n) is 4.82. The topological polar surface area (TPSA) is 3.24 Å². The fourth-order valence-electron chi connectivity index (χ4n) is 1.87. The Bertz CT molecular complexity index is 145. The zero-order valence-corrected chi connectivity index (χ0v) is 9.19. The molecule has 0 saturated carbocycles. The first-order chi connectivity index (χ1) is 5.53. The van der Waals surface area contributed by atoms with Crippen molar-refractivity contribution in [2.75, 3.05) is 25.5 Å². The van der Waals surface area contributed by atoms with E-state index >= 15 is 0 Å². The van der Waals surface area contributed by atoms with Gasteiger partial charge in [0, 0.05) is 19.0 Å². The third-order valence-electron chi connectivity index (χ3n) is 2.59. The number of hydrogen-bond acceptors (Lipinski definition) is 1. The standard InChI is InChI=1S/C10H20ClN/c1-9(6-11)7-12-5-4-10(2,3)8-12/h9H,4-8H2,1-3H3. The Hall–Kier alpha value is 0.250. The minimum atomic E-state index is 0.534. The van der Waals surface area contributed by atoms with Gasteiger partial charge in [-0.15, -0.1) is 11.6 Å². The molecular weight excluding hydrogens is 170 g/mol. The molecule has 1 rings (SSSR count). The van der Waals surface area contributed by atoms with Gasteiger partial charge in [-0.3, -0.25) is 0 Å². The van der Waals surface area contributed by atoms with Crippen LogP contribution in [0.1, 0.15) is 27.2 Å². The average Bonchev–Trinajstić information content (AvgIpc) is 2.30. The third-order valence-corrected chi connectivity index (χ3v) is 3.12. The molecule has 1 unspecified atom stereocenters. The van der Waals surface area contributed by atoms with Crippen LogP contribution in [0.2, 0.25) is 0 Å². The highest BCUT2D eigenvalue weighted by Gasteiger charge is 2.29. The van der Waals surface area contributed by atoms with E-state index in [9.17, 15) is 0 Å². The molecule has 0 aliphatic carbocycles. The predicted octanol–water partition coefficient (Wildman–Crippen LogP) is 2.59. The molecule has 0 N–H and O–H groups in total. The van der Waals surface area contributed by atoms with Gasteiger partial charge in [0.05, 0.1) is 0 Å².